The van der Waals surface area contributed by atoms with Gasteiger partial charge >= 0.3 is 0 Å². The Balaban J connectivity index is 2.00. The zero-order chi connectivity index (χ0) is 14.4. The van der Waals surface area contributed by atoms with E-state index >= 15 is 0 Å². The molecule has 0 bridgehead atoms. The van der Waals surface area contributed by atoms with Crippen LogP contribution in [-0.2, 0) is 24.2 Å². The zero-order valence-corrected chi connectivity index (χ0v) is 11.9. The summed E-state index contributed by atoms with van der Waals surface area (Å²) in [7, 11) is 1.62. The van der Waals surface area contributed by atoms with Crippen LogP contribution in [0.5, 0.6) is 0 Å². The number of aryl methyl sites for hydroxylation is 1. The maximum Gasteiger partial charge on any atom is 0.250 e. The summed E-state index contributed by atoms with van der Waals surface area (Å²) in [5, 5.41) is 3.25. The highest BCUT2D eigenvalue weighted by Crippen LogP contribution is 2.11. The Morgan fingerprint density at radius 1 is 1.25 bits per heavy atom. The lowest BCUT2D eigenvalue weighted by atomic mass is 10.3. The van der Waals surface area contributed by atoms with Crippen molar-refractivity contribution < 1.29 is 9.15 Å². The van der Waals surface area contributed by atoms with Gasteiger partial charge in [0.15, 0.2) is 0 Å². The first kappa shape index (κ1) is 14.4. The molecule has 0 spiro atoms. The van der Waals surface area contributed by atoms with Crippen LogP contribution < -0.4 is 10.9 Å². The fourth-order valence-electron chi connectivity index (χ4n) is 1.90. The number of ether oxygens (including phenoxy) is 1. The summed E-state index contributed by atoms with van der Waals surface area (Å²) in [6, 6.07) is 7.27. The average Bonchev–Trinajstić information content (AvgIpc) is 2.93. The Hall–Kier alpha value is -2.01. The number of furan rings is 1. The van der Waals surface area contributed by atoms with Crippen molar-refractivity contribution in [1.82, 2.24) is 4.57 Å². The second kappa shape index (κ2) is 6.96. The number of hydrogen-bond acceptors (Lipinski definition) is 4. The molecule has 0 unspecified atom stereocenters. The molecule has 2 aromatic heterocycles. The first-order valence-corrected chi connectivity index (χ1v) is 6.74. The topological polar surface area (TPSA) is 56.4 Å². The van der Waals surface area contributed by atoms with Gasteiger partial charge in [0.1, 0.15) is 11.5 Å². The highest BCUT2D eigenvalue weighted by Gasteiger charge is 2.02. The first-order valence-electron chi connectivity index (χ1n) is 6.74. The second-order valence-electron chi connectivity index (χ2n) is 4.52. The normalized spacial score (nSPS) is 10.7. The predicted octanol–water partition coefficient (Wildman–Crippen LogP) is 2.26. The molecule has 0 saturated heterocycles. The number of hydrogen-bond donors (Lipinski definition) is 1. The first-order chi connectivity index (χ1) is 9.72. The smallest absolute Gasteiger partial charge is 0.250 e. The van der Waals surface area contributed by atoms with Gasteiger partial charge in [-0.1, -0.05) is 6.92 Å². The number of nitrogens with zero attached hydrogens (tertiary/aromatic N) is 1. The average molecular weight is 276 g/mol. The van der Waals surface area contributed by atoms with Gasteiger partial charge in [0.05, 0.1) is 18.8 Å². The van der Waals surface area contributed by atoms with Crippen molar-refractivity contribution in [3.05, 3.63) is 52.3 Å². The lowest BCUT2D eigenvalue weighted by Crippen LogP contribution is -2.21. The van der Waals surface area contributed by atoms with E-state index in [0.717, 1.165) is 23.6 Å². The van der Waals surface area contributed by atoms with Gasteiger partial charge in [-0.15, -0.1) is 0 Å². The van der Waals surface area contributed by atoms with E-state index < -0.39 is 0 Å². The highest BCUT2D eigenvalue weighted by atomic mass is 16.5. The van der Waals surface area contributed by atoms with Crippen molar-refractivity contribution in [2.24, 2.45) is 0 Å². The Bertz CT molecular complexity index is 601. The summed E-state index contributed by atoms with van der Waals surface area (Å²) in [4.78, 5) is 11.7. The molecule has 0 radical (unpaired) electrons. The van der Waals surface area contributed by atoms with E-state index in [1.807, 2.05) is 12.1 Å². The van der Waals surface area contributed by atoms with Crippen LogP contribution >= 0.6 is 0 Å². The number of aromatic nitrogens is 1. The zero-order valence-electron chi connectivity index (χ0n) is 11.9. The summed E-state index contributed by atoms with van der Waals surface area (Å²) in [5.41, 5.74) is 0.856. The van der Waals surface area contributed by atoms with Crippen molar-refractivity contribution in [3.63, 3.8) is 0 Å². The Morgan fingerprint density at radius 2 is 2.05 bits per heavy atom. The Morgan fingerprint density at radius 3 is 2.75 bits per heavy atom. The summed E-state index contributed by atoms with van der Waals surface area (Å²) < 4.78 is 12.2. The molecule has 5 nitrogen and oxygen atoms in total. The molecular formula is C15H20N2O3. The third-order valence-electron chi connectivity index (χ3n) is 3.05. The standard InChI is InChI=1S/C15H20N2O3/c1-3-13-5-6-14(20-13)10-16-12-4-7-15(18)17(11-12)8-9-19-2/h4-7,11,16H,3,8-10H2,1-2H3. The molecule has 0 aromatic carbocycles. The lowest BCUT2D eigenvalue weighted by Gasteiger charge is -2.09. The molecule has 0 amide bonds. The minimum absolute atomic E-state index is 0.0288. The van der Waals surface area contributed by atoms with Gasteiger partial charge in [-0.25, -0.2) is 0 Å². The maximum absolute atomic E-state index is 11.7. The number of methoxy groups -OCH3 is 1. The van der Waals surface area contributed by atoms with Gasteiger partial charge < -0.3 is 19.0 Å². The third kappa shape index (κ3) is 3.74. The minimum Gasteiger partial charge on any atom is -0.464 e. The van der Waals surface area contributed by atoms with E-state index in [4.69, 9.17) is 9.15 Å². The van der Waals surface area contributed by atoms with Gasteiger partial charge in [0.25, 0.3) is 5.56 Å². The van der Waals surface area contributed by atoms with Crippen molar-refractivity contribution >= 4 is 5.69 Å². The molecule has 0 saturated carbocycles. The third-order valence-corrected chi connectivity index (χ3v) is 3.05. The van der Waals surface area contributed by atoms with Crippen LogP contribution in [0.4, 0.5) is 5.69 Å². The van der Waals surface area contributed by atoms with Crippen LogP contribution in [0.2, 0.25) is 0 Å². The van der Waals surface area contributed by atoms with Crippen LogP contribution in [0.25, 0.3) is 0 Å². The molecule has 1 N–H and O–H groups in total. The van der Waals surface area contributed by atoms with Crippen molar-refractivity contribution in [3.8, 4) is 0 Å². The molecule has 0 aliphatic carbocycles. The van der Waals surface area contributed by atoms with Crippen LogP contribution in [0.3, 0.4) is 0 Å². The van der Waals surface area contributed by atoms with Crippen molar-refractivity contribution in [2.75, 3.05) is 19.0 Å². The van der Waals surface area contributed by atoms with Crippen molar-refractivity contribution in [2.45, 2.75) is 26.4 Å². The van der Waals surface area contributed by atoms with Gasteiger partial charge in [-0.3, -0.25) is 4.79 Å². The molecular weight excluding hydrogens is 256 g/mol. The number of rotatable bonds is 7. The van der Waals surface area contributed by atoms with Gasteiger partial charge in [0.2, 0.25) is 0 Å². The molecule has 5 heteroatoms. The monoisotopic (exact) mass is 276 g/mol. The fraction of sp³-hybridized carbons (Fsp3) is 0.400. The van der Waals surface area contributed by atoms with Crippen LogP contribution in [-0.4, -0.2) is 18.3 Å². The Kier molecular flexibility index (Phi) is 5.01. The van der Waals surface area contributed by atoms with Crippen LogP contribution in [0.15, 0.2) is 39.7 Å². The van der Waals surface area contributed by atoms with E-state index in [2.05, 4.69) is 12.2 Å². The number of pyridine rings is 1. The van der Waals surface area contributed by atoms with Gasteiger partial charge in [-0.2, -0.15) is 0 Å². The maximum atomic E-state index is 11.7. The second-order valence-corrected chi connectivity index (χ2v) is 4.52. The predicted molar refractivity (Wildman–Crippen MR) is 78.0 cm³/mol. The SMILES string of the molecule is CCc1ccc(CNc2ccc(=O)n(CCOC)c2)o1. The quantitative estimate of drug-likeness (QED) is 0.842. The van der Waals surface area contributed by atoms with E-state index in [1.165, 1.54) is 0 Å². The van der Waals surface area contributed by atoms with Crippen molar-refractivity contribution in [1.29, 1.82) is 0 Å². The summed E-state index contributed by atoms with van der Waals surface area (Å²) >= 11 is 0. The summed E-state index contributed by atoms with van der Waals surface area (Å²) in [6.07, 6.45) is 2.69. The molecule has 2 rings (SSSR count). The van der Waals surface area contributed by atoms with E-state index in [-0.39, 0.29) is 5.56 Å². The molecule has 20 heavy (non-hydrogen) atoms. The molecule has 0 aliphatic heterocycles. The molecule has 0 fully saturated rings. The number of nitrogens with one attached hydrogen (secondary N) is 1. The fourth-order valence-corrected chi connectivity index (χ4v) is 1.90. The molecule has 108 valence electrons. The molecule has 2 heterocycles. The molecule has 0 atom stereocenters. The Labute approximate surface area is 118 Å². The lowest BCUT2D eigenvalue weighted by molar-refractivity contribution is 0.186. The summed E-state index contributed by atoms with van der Waals surface area (Å²) in [6.45, 7) is 3.72. The van der Waals surface area contributed by atoms with Crippen LogP contribution in [0.1, 0.15) is 18.4 Å². The van der Waals surface area contributed by atoms with E-state index in [0.29, 0.717) is 19.7 Å². The summed E-state index contributed by atoms with van der Waals surface area (Å²) in [5.74, 6) is 1.86. The molecule has 2 aromatic rings. The highest BCUT2D eigenvalue weighted by molar-refractivity contribution is 5.40. The minimum atomic E-state index is -0.0288. The van der Waals surface area contributed by atoms with Gasteiger partial charge in [0, 0.05) is 32.3 Å². The number of anilines is 1. The van der Waals surface area contributed by atoms with Crippen LogP contribution in [0, 0.1) is 0 Å². The van der Waals surface area contributed by atoms with E-state index in [9.17, 15) is 4.79 Å². The van der Waals surface area contributed by atoms with E-state index in [1.54, 1.807) is 30.0 Å². The van der Waals surface area contributed by atoms with Gasteiger partial charge in [-0.05, 0) is 18.2 Å². The largest absolute Gasteiger partial charge is 0.464 e. The molecule has 0 aliphatic rings.